The Hall–Kier alpha value is -1.92. The van der Waals surface area contributed by atoms with E-state index in [2.05, 4.69) is 15.5 Å². The molecule has 0 saturated heterocycles. The van der Waals surface area contributed by atoms with Crippen molar-refractivity contribution in [3.63, 3.8) is 0 Å². The molecular formula is C14H22N4O3. The van der Waals surface area contributed by atoms with Crippen LogP contribution < -0.4 is 5.32 Å². The fraction of sp³-hybridized carbons (Fsp3) is 0.714. The van der Waals surface area contributed by atoms with Crippen LogP contribution in [0.1, 0.15) is 45.0 Å². The van der Waals surface area contributed by atoms with E-state index in [4.69, 9.17) is 0 Å². The van der Waals surface area contributed by atoms with E-state index in [9.17, 15) is 14.7 Å². The summed E-state index contributed by atoms with van der Waals surface area (Å²) < 4.78 is 1.74. The summed E-state index contributed by atoms with van der Waals surface area (Å²) >= 11 is 0. The van der Waals surface area contributed by atoms with Crippen LogP contribution in [0.4, 0.5) is 0 Å². The largest absolute Gasteiger partial charge is 0.481 e. The van der Waals surface area contributed by atoms with Gasteiger partial charge in [-0.05, 0) is 25.7 Å². The minimum atomic E-state index is -0.877. The number of aryl methyl sites for hydroxylation is 1. The molecule has 2 rings (SSSR count). The number of aromatic nitrogens is 3. The van der Waals surface area contributed by atoms with Gasteiger partial charge in [0.1, 0.15) is 6.33 Å². The molecule has 21 heavy (non-hydrogen) atoms. The monoisotopic (exact) mass is 294 g/mol. The molecule has 116 valence electrons. The average Bonchev–Trinajstić information content (AvgIpc) is 3.04. The lowest BCUT2D eigenvalue weighted by Gasteiger charge is -2.19. The first-order chi connectivity index (χ1) is 9.93. The van der Waals surface area contributed by atoms with Crippen LogP contribution in [0, 0.1) is 17.8 Å². The van der Waals surface area contributed by atoms with Gasteiger partial charge in [0.2, 0.25) is 5.91 Å². The lowest BCUT2D eigenvalue weighted by molar-refractivity contribution is -0.146. The van der Waals surface area contributed by atoms with E-state index in [0.717, 1.165) is 6.42 Å². The maximum Gasteiger partial charge on any atom is 0.307 e. The van der Waals surface area contributed by atoms with Crippen molar-refractivity contribution < 1.29 is 14.7 Å². The van der Waals surface area contributed by atoms with Crippen molar-refractivity contribution in [1.82, 2.24) is 20.1 Å². The van der Waals surface area contributed by atoms with E-state index in [0.29, 0.717) is 24.6 Å². The van der Waals surface area contributed by atoms with E-state index < -0.39 is 17.8 Å². The number of amides is 1. The third-order valence-corrected chi connectivity index (χ3v) is 4.38. The Balaban J connectivity index is 2.05. The predicted molar refractivity (Wildman–Crippen MR) is 75.2 cm³/mol. The van der Waals surface area contributed by atoms with E-state index in [1.54, 1.807) is 17.9 Å². The minimum absolute atomic E-state index is 0.200. The number of rotatable bonds is 5. The van der Waals surface area contributed by atoms with Crippen molar-refractivity contribution >= 4 is 11.9 Å². The summed E-state index contributed by atoms with van der Waals surface area (Å²) in [5.41, 5.74) is 0. The number of carboxylic acid groups (broad SMARTS) is 1. The third-order valence-electron chi connectivity index (χ3n) is 4.38. The Morgan fingerprint density at radius 3 is 2.67 bits per heavy atom. The molecule has 1 aliphatic rings. The van der Waals surface area contributed by atoms with E-state index in [1.165, 1.54) is 0 Å². The molecule has 1 saturated carbocycles. The van der Waals surface area contributed by atoms with Gasteiger partial charge in [0.15, 0.2) is 5.82 Å². The summed E-state index contributed by atoms with van der Waals surface area (Å²) in [6, 6.07) is -0.292. The SMILES string of the molecule is CCC1CC(C(=O)O)C(C(=O)NC(C)c2nncn2C)C1. The van der Waals surface area contributed by atoms with Crippen molar-refractivity contribution in [2.75, 3.05) is 0 Å². The first-order valence-corrected chi connectivity index (χ1v) is 7.31. The number of hydrogen-bond donors (Lipinski definition) is 2. The van der Waals surface area contributed by atoms with Gasteiger partial charge >= 0.3 is 5.97 Å². The number of nitrogens with zero attached hydrogens (tertiary/aromatic N) is 3. The summed E-state index contributed by atoms with van der Waals surface area (Å²) in [6.07, 6.45) is 3.71. The summed E-state index contributed by atoms with van der Waals surface area (Å²) in [5.74, 6) is -1.15. The molecule has 7 nitrogen and oxygen atoms in total. The lowest BCUT2D eigenvalue weighted by atomic mass is 9.95. The van der Waals surface area contributed by atoms with Gasteiger partial charge in [0.25, 0.3) is 0 Å². The topological polar surface area (TPSA) is 97.1 Å². The standard InChI is InChI=1S/C14H22N4O3/c1-4-9-5-10(11(6-9)14(20)21)13(19)16-8(2)12-17-15-7-18(12)3/h7-11H,4-6H2,1-3H3,(H,16,19)(H,20,21). The molecule has 1 fully saturated rings. The Bertz CT molecular complexity index is 528. The Morgan fingerprint density at radius 2 is 2.14 bits per heavy atom. The van der Waals surface area contributed by atoms with Gasteiger partial charge in [-0.15, -0.1) is 10.2 Å². The Labute approximate surface area is 123 Å². The summed E-state index contributed by atoms with van der Waals surface area (Å²) in [7, 11) is 1.81. The molecule has 0 aromatic carbocycles. The number of hydrogen-bond acceptors (Lipinski definition) is 4. The molecule has 1 heterocycles. The highest BCUT2D eigenvalue weighted by atomic mass is 16.4. The molecule has 1 aromatic heterocycles. The van der Waals surface area contributed by atoms with Crippen molar-refractivity contribution in [1.29, 1.82) is 0 Å². The van der Waals surface area contributed by atoms with Gasteiger partial charge in [-0.1, -0.05) is 13.3 Å². The van der Waals surface area contributed by atoms with Gasteiger partial charge in [-0.3, -0.25) is 9.59 Å². The molecule has 0 bridgehead atoms. The van der Waals surface area contributed by atoms with Gasteiger partial charge in [0.05, 0.1) is 17.9 Å². The minimum Gasteiger partial charge on any atom is -0.481 e. The van der Waals surface area contributed by atoms with E-state index in [-0.39, 0.29) is 11.9 Å². The van der Waals surface area contributed by atoms with Crippen LogP contribution in [0.15, 0.2) is 6.33 Å². The smallest absolute Gasteiger partial charge is 0.307 e. The van der Waals surface area contributed by atoms with Crippen LogP contribution in [0.25, 0.3) is 0 Å². The highest BCUT2D eigenvalue weighted by molar-refractivity contribution is 5.85. The van der Waals surface area contributed by atoms with Crippen molar-refractivity contribution in [2.24, 2.45) is 24.8 Å². The van der Waals surface area contributed by atoms with E-state index in [1.807, 2.05) is 13.8 Å². The highest BCUT2D eigenvalue weighted by Crippen LogP contribution is 2.38. The van der Waals surface area contributed by atoms with Gasteiger partial charge < -0.3 is 15.0 Å². The molecule has 2 N–H and O–H groups in total. The zero-order valence-electron chi connectivity index (χ0n) is 12.6. The molecule has 4 unspecified atom stereocenters. The number of carboxylic acids is 1. The summed E-state index contributed by atoms with van der Waals surface area (Å²) in [4.78, 5) is 23.7. The molecule has 0 spiro atoms. The summed E-state index contributed by atoms with van der Waals surface area (Å²) in [5, 5.41) is 19.9. The highest BCUT2D eigenvalue weighted by Gasteiger charge is 2.42. The average molecular weight is 294 g/mol. The predicted octanol–water partition coefficient (Wildman–Crippen LogP) is 1.13. The Kier molecular flexibility index (Phi) is 4.59. The number of carbonyl (C=O) groups is 2. The fourth-order valence-corrected chi connectivity index (χ4v) is 3.11. The zero-order chi connectivity index (χ0) is 15.6. The first-order valence-electron chi connectivity index (χ1n) is 7.31. The van der Waals surface area contributed by atoms with Crippen LogP contribution in [-0.4, -0.2) is 31.7 Å². The maximum absolute atomic E-state index is 12.4. The van der Waals surface area contributed by atoms with Crippen LogP contribution >= 0.6 is 0 Å². The number of nitrogens with one attached hydrogen (secondary N) is 1. The molecule has 7 heteroatoms. The van der Waals surface area contributed by atoms with Crippen LogP contribution in [0.2, 0.25) is 0 Å². The second-order valence-corrected chi connectivity index (χ2v) is 5.83. The molecular weight excluding hydrogens is 272 g/mol. The number of carbonyl (C=O) groups excluding carboxylic acids is 1. The van der Waals surface area contributed by atoms with Gasteiger partial charge in [0, 0.05) is 7.05 Å². The molecule has 0 aliphatic heterocycles. The van der Waals surface area contributed by atoms with Crippen molar-refractivity contribution in [3.05, 3.63) is 12.2 Å². The third kappa shape index (κ3) is 3.22. The molecule has 1 aromatic rings. The fourth-order valence-electron chi connectivity index (χ4n) is 3.11. The summed E-state index contributed by atoms with van der Waals surface area (Å²) in [6.45, 7) is 3.86. The normalized spacial score (nSPS) is 26.5. The van der Waals surface area contributed by atoms with Crippen molar-refractivity contribution in [3.8, 4) is 0 Å². The zero-order valence-corrected chi connectivity index (χ0v) is 12.6. The van der Waals surface area contributed by atoms with Gasteiger partial charge in [-0.2, -0.15) is 0 Å². The molecule has 0 radical (unpaired) electrons. The van der Waals surface area contributed by atoms with Crippen LogP contribution in [0.5, 0.6) is 0 Å². The second-order valence-electron chi connectivity index (χ2n) is 5.83. The molecule has 1 aliphatic carbocycles. The maximum atomic E-state index is 12.4. The number of aliphatic carboxylic acids is 1. The molecule has 4 atom stereocenters. The second kappa shape index (κ2) is 6.24. The van der Waals surface area contributed by atoms with E-state index >= 15 is 0 Å². The molecule has 1 amide bonds. The first kappa shape index (κ1) is 15.5. The van der Waals surface area contributed by atoms with Crippen molar-refractivity contribution in [2.45, 2.75) is 39.2 Å². The van der Waals surface area contributed by atoms with Crippen LogP contribution in [-0.2, 0) is 16.6 Å². The quantitative estimate of drug-likeness (QED) is 0.848. The van der Waals surface area contributed by atoms with Crippen LogP contribution in [0.3, 0.4) is 0 Å². The lowest BCUT2D eigenvalue weighted by Crippen LogP contribution is -2.37. The Morgan fingerprint density at radius 1 is 1.48 bits per heavy atom. The van der Waals surface area contributed by atoms with Gasteiger partial charge in [-0.25, -0.2) is 0 Å².